The van der Waals surface area contributed by atoms with Crippen LogP contribution in [-0.4, -0.2) is 28.7 Å². The topological polar surface area (TPSA) is 82.4 Å². The van der Waals surface area contributed by atoms with Gasteiger partial charge in [-0.15, -0.1) is 11.3 Å². The Labute approximate surface area is 185 Å². The van der Waals surface area contributed by atoms with Gasteiger partial charge in [0.2, 0.25) is 0 Å². The molecule has 3 aromatic rings. The average molecular weight is 490 g/mol. The molecule has 0 saturated carbocycles. The van der Waals surface area contributed by atoms with Crippen LogP contribution < -0.4 is 20.3 Å². The number of thiophene rings is 1. The summed E-state index contributed by atoms with van der Waals surface area (Å²) in [6.45, 7) is 3.48. The predicted molar refractivity (Wildman–Crippen MR) is 119 cm³/mol. The number of ether oxygens (including phenoxy) is 2. The monoisotopic (exact) mass is 489 g/mol. The summed E-state index contributed by atoms with van der Waals surface area (Å²) in [5.41, 5.74) is 1.23. The number of fused-ring (bicyclic) bond motifs is 3. The van der Waals surface area contributed by atoms with Crippen LogP contribution >= 0.6 is 27.3 Å². The molecule has 0 spiro atoms. The Hall–Kier alpha value is -2.39. The Morgan fingerprint density at radius 3 is 2.77 bits per heavy atom. The quantitative estimate of drug-likeness (QED) is 0.580. The summed E-state index contributed by atoms with van der Waals surface area (Å²) in [6.07, 6.45) is 3.92. The van der Waals surface area contributed by atoms with E-state index in [2.05, 4.69) is 21.2 Å². The Morgan fingerprint density at radius 1 is 1.20 bits per heavy atom. The van der Waals surface area contributed by atoms with Crippen molar-refractivity contribution in [2.45, 2.75) is 39.2 Å². The van der Waals surface area contributed by atoms with E-state index in [0.717, 1.165) is 31.5 Å². The number of nitrogens with one attached hydrogen (secondary N) is 1. The van der Waals surface area contributed by atoms with Crippen molar-refractivity contribution in [3.63, 3.8) is 0 Å². The van der Waals surface area contributed by atoms with Gasteiger partial charge in [-0.3, -0.25) is 14.2 Å². The molecule has 0 bridgehead atoms. The molecule has 0 unspecified atom stereocenters. The van der Waals surface area contributed by atoms with E-state index >= 15 is 0 Å². The van der Waals surface area contributed by atoms with E-state index < -0.39 is 0 Å². The van der Waals surface area contributed by atoms with Gasteiger partial charge in [0.15, 0.2) is 11.5 Å². The SMILES string of the molecule is Cc1c(C(=O)Nc2cc3c(cc2Br)OCCO3)sc2nc3n(c(=O)c12)CCCCC3. The van der Waals surface area contributed by atoms with Gasteiger partial charge in [-0.05, 0) is 41.3 Å². The highest BCUT2D eigenvalue weighted by Crippen LogP contribution is 2.39. The summed E-state index contributed by atoms with van der Waals surface area (Å²) in [5.74, 6) is 1.79. The Morgan fingerprint density at radius 2 is 1.97 bits per heavy atom. The predicted octanol–water partition coefficient (Wildman–Crippen LogP) is 4.28. The summed E-state index contributed by atoms with van der Waals surface area (Å²) < 4.78 is 13.7. The molecule has 0 fully saturated rings. The molecule has 30 heavy (non-hydrogen) atoms. The number of carbonyl (C=O) groups excluding carboxylic acids is 1. The van der Waals surface area contributed by atoms with Crippen LogP contribution in [0.1, 0.15) is 40.3 Å². The lowest BCUT2D eigenvalue weighted by molar-refractivity contribution is 0.103. The van der Waals surface area contributed by atoms with Gasteiger partial charge in [0.1, 0.15) is 23.9 Å². The lowest BCUT2D eigenvalue weighted by Crippen LogP contribution is -2.24. The zero-order valence-corrected chi connectivity index (χ0v) is 18.8. The van der Waals surface area contributed by atoms with Gasteiger partial charge < -0.3 is 14.8 Å². The van der Waals surface area contributed by atoms with E-state index in [4.69, 9.17) is 14.5 Å². The maximum atomic E-state index is 13.1. The lowest BCUT2D eigenvalue weighted by Gasteiger charge is -2.20. The summed E-state index contributed by atoms with van der Waals surface area (Å²) in [4.78, 5) is 32.1. The number of halogens is 1. The van der Waals surface area contributed by atoms with E-state index in [9.17, 15) is 9.59 Å². The van der Waals surface area contributed by atoms with Gasteiger partial charge in [0.05, 0.1) is 16.0 Å². The number of aryl methyl sites for hydroxylation is 2. The molecule has 2 aliphatic heterocycles. The molecule has 1 N–H and O–H groups in total. The number of rotatable bonds is 2. The number of benzene rings is 1. The van der Waals surface area contributed by atoms with Crippen molar-refractivity contribution < 1.29 is 14.3 Å². The Bertz CT molecular complexity index is 1230. The number of hydrogen-bond donors (Lipinski definition) is 1. The fraction of sp³-hybridized carbons (Fsp3) is 0.381. The van der Waals surface area contributed by atoms with E-state index in [1.807, 2.05) is 6.92 Å². The first kappa shape index (κ1) is 19.6. The van der Waals surface area contributed by atoms with Crippen LogP contribution in [0.2, 0.25) is 0 Å². The summed E-state index contributed by atoms with van der Waals surface area (Å²) in [5, 5.41) is 3.48. The Balaban J connectivity index is 1.52. The van der Waals surface area contributed by atoms with Crippen LogP contribution in [0, 0.1) is 6.92 Å². The van der Waals surface area contributed by atoms with Crippen LogP contribution in [0.3, 0.4) is 0 Å². The van der Waals surface area contributed by atoms with E-state index in [1.165, 1.54) is 11.3 Å². The molecule has 7 nitrogen and oxygen atoms in total. The van der Waals surface area contributed by atoms with Gasteiger partial charge in [0, 0.05) is 29.6 Å². The minimum absolute atomic E-state index is 0.0368. The smallest absolute Gasteiger partial charge is 0.266 e. The maximum Gasteiger partial charge on any atom is 0.266 e. The first-order valence-electron chi connectivity index (χ1n) is 9.96. The molecule has 1 amide bonds. The molecule has 5 rings (SSSR count). The largest absolute Gasteiger partial charge is 0.486 e. The molecule has 1 aromatic carbocycles. The average Bonchev–Trinajstić information content (AvgIpc) is 2.90. The highest BCUT2D eigenvalue weighted by molar-refractivity contribution is 9.10. The third kappa shape index (κ3) is 3.30. The molecule has 2 aliphatic rings. The number of anilines is 1. The zero-order chi connectivity index (χ0) is 20.8. The molecule has 156 valence electrons. The highest BCUT2D eigenvalue weighted by atomic mass is 79.9. The van der Waals surface area contributed by atoms with Gasteiger partial charge in [-0.2, -0.15) is 0 Å². The number of carbonyl (C=O) groups is 1. The number of aromatic nitrogens is 2. The van der Waals surface area contributed by atoms with Crippen molar-refractivity contribution in [1.29, 1.82) is 0 Å². The van der Waals surface area contributed by atoms with Crippen LogP contribution in [0.25, 0.3) is 10.2 Å². The Kier molecular flexibility index (Phi) is 5.02. The first-order valence-corrected chi connectivity index (χ1v) is 11.6. The second kappa shape index (κ2) is 7.70. The number of nitrogens with zero attached hydrogens (tertiary/aromatic N) is 2. The second-order valence-corrected chi connectivity index (χ2v) is 9.32. The molecule has 0 radical (unpaired) electrons. The third-order valence-corrected chi connectivity index (χ3v) is 7.34. The van der Waals surface area contributed by atoms with Crippen LogP contribution in [-0.2, 0) is 13.0 Å². The van der Waals surface area contributed by atoms with Crippen molar-refractivity contribution >= 4 is 49.1 Å². The van der Waals surface area contributed by atoms with Gasteiger partial charge in [-0.25, -0.2) is 4.98 Å². The van der Waals surface area contributed by atoms with E-state index in [1.54, 1.807) is 16.7 Å². The van der Waals surface area contributed by atoms with Gasteiger partial charge in [0.25, 0.3) is 11.5 Å². The second-order valence-electron chi connectivity index (χ2n) is 7.46. The van der Waals surface area contributed by atoms with Crippen molar-refractivity contribution in [3.8, 4) is 11.5 Å². The first-order chi connectivity index (χ1) is 14.5. The summed E-state index contributed by atoms with van der Waals surface area (Å²) >= 11 is 4.75. The van der Waals surface area contributed by atoms with Crippen LogP contribution in [0.4, 0.5) is 5.69 Å². The van der Waals surface area contributed by atoms with Crippen LogP contribution in [0.5, 0.6) is 11.5 Å². The van der Waals surface area contributed by atoms with E-state index in [-0.39, 0.29) is 11.5 Å². The normalized spacial score (nSPS) is 15.5. The fourth-order valence-electron chi connectivity index (χ4n) is 3.97. The van der Waals surface area contributed by atoms with Gasteiger partial charge >= 0.3 is 0 Å². The minimum atomic E-state index is -0.271. The number of amides is 1. The molecule has 9 heteroatoms. The minimum Gasteiger partial charge on any atom is -0.486 e. The third-order valence-electron chi connectivity index (χ3n) is 5.50. The summed E-state index contributed by atoms with van der Waals surface area (Å²) in [7, 11) is 0. The maximum absolute atomic E-state index is 13.1. The highest BCUT2D eigenvalue weighted by Gasteiger charge is 2.23. The van der Waals surface area contributed by atoms with Crippen molar-refractivity contribution in [2.24, 2.45) is 0 Å². The van der Waals surface area contributed by atoms with Crippen molar-refractivity contribution in [1.82, 2.24) is 9.55 Å². The molecule has 2 aromatic heterocycles. The van der Waals surface area contributed by atoms with Crippen molar-refractivity contribution in [2.75, 3.05) is 18.5 Å². The molecular formula is C21H20BrN3O4S. The molecular weight excluding hydrogens is 470 g/mol. The number of hydrogen-bond acceptors (Lipinski definition) is 6. The summed E-state index contributed by atoms with van der Waals surface area (Å²) in [6, 6.07) is 3.53. The molecule has 0 saturated heterocycles. The van der Waals surface area contributed by atoms with Crippen molar-refractivity contribution in [3.05, 3.63) is 43.2 Å². The zero-order valence-electron chi connectivity index (χ0n) is 16.4. The molecule has 0 aliphatic carbocycles. The standard InChI is InChI=1S/C21H20BrN3O4S/c1-11-17-20(24-16-5-3-2-4-6-25(16)21(17)27)30-18(11)19(26)23-13-10-15-14(9-12(13)22)28-7-8-29-15/h9-10H,2-8H2,1H3,(H,23,26). The van der Waals surface area contributed by atoms with E-state index in [0.29, 0.717) is 62.1 Å². The molecule has 4 heterocycles. The molecule has 0 atom stereocenters. The van der Waals surface area contributed by atoms with Crippen LogP contribution in [0.15, 0.2) is 21.4 Å². The lowest BCUT2D eigenvalue weighted by atomic mass is 10.2. The fourth-order valence-corrected chi connectivity index (χ4v) is 5.47. The van der Waals surface area contributed by atoms with Gasteiger partial charge in [-0.1, -0.05) is 6.42 Å².